The highest BCUT2D eigenvalue weighted by atomic mass is 16.6. The molecular weight excluding hydrogens is 341 g/mol. The quantitative estimate of drug-likeness (QED) is 0.709. The van der Waals surface area contributed by atoms with E-state index in [1.807, 2.05) is 20.8 Å². The van der Waals surface area contributed by atoms with Crippen molar-refractivity contribution >= 4 is 18.5 Å². The van der Waals surface area contributed by atoms with Gasteiger partial charge in [0.15, 0.2) is 0 Å². The molecule has 0 aliphatic carbocycles. The third kappa shape index (κ3) is 4.32. The standard InChI is InChI=1S/C21H32BNO4/c1-19(2,3)26-18(24)23-11-10-15-8-9-17(12-16(15)13-23)22-14-25-20(4,5)21(6,7)27-22/h8-9,12H,10-11,13-14H2,1-7H3. The van der Waals surface area contributed by atoms with Crippen LogP contribution in [0.5, 0.6) is 0 Å². The monoisotopic (exact) mass is 373 g/mol. The molecule has 5 nitrogen and oxygen atoms in total. The SMILES string of the molecule is CC(C)(C)OC(=O)N1CCc2ccc(B3COC(C)(C)C(C)(C)O3)cc2C1. The summed E-state index contributed by atoms with van der Waals surface area (Å²) in [4.78, 5) is 14.2. The van der Waals surface area contributed by atoms with Crippen molar-refractivity contribution in [1.82, 2.24) is 4.90 Å². The first kappa shape index (κ1) is 20.2. The van der Waals surface area contributed by atoms with Gasteiger partial charge in [0.2, 0.25) is 0 Å². The summed E-state index contributed by atoms with van der Waals surface area (Å²) in [5.74, 6) is 0. The van der Waals surface area contributed by atoms with Gasteiger partial charge in [-0.25, -0.2) is 4.79 Å². The van der Waals surface area contributed by atoms with E-state index in [0.29, 0.717) is 19.6 Å². The molecule has 1 fully saturated rings. The number of benzene rings is 1. The first-order valence-corrected chi connectivity index (χ1v) is 9.79. The number of amides is 1. The second-order valence-corrected chi connectivity index (χ2v) is 9.62. The molecule has 2 aliphatic rings. The molecule has 2 aliphatic heterocycles. The van der Waals surface area contributed by atoms with Crippen LogP contribution in [0.3, 0.4) is 0 Å². The number of nitrogens with zero attached hydrogens (tertiary/aromatic N) is 1. The third-order valence-corrected chi connectivity index (χ3v) is 5.75. The fourth-order valence-electron chi connectivity index (χ4n) is 3.41. The van der Waals surface area contributed by atoms with Gasteiger partial charge < -0.3 is 19.0 Å². The zero-order chi connectivity index (χ0) is 20.0. The first-order chi connectivity index (χ1) is 12.4. The lowest BCUT2D eigenvalue weighted by molar-refractivity contribution is -0.152. The Kier molecular flexibility index (Phi) is 5.11. The number of hydrogen-bond donors (Lipinski definition) is 0. The largest absolute Gasteiger partial charge is 0.444 e. The Balaban J connectivity index is 1.76. The van der Waals surface area contributed by atoms with Crippen molar-refractivity contribution < 1.29 is 18.9 Å². The van der Waals surface area contributed by atoms with Gasteiger partial charge in [0.05, 0.1) is 17.7 Å². The van der Waals surface area contributed by atoms with Crippen LogP contribution in [0.2, 0.25) is 0 Å². The predicted molar refractivity (Wildman–Crippen MR) is 107 cm³/mol. The van der Waals surface area contributed by atoms with Crippen LogP contribution in [0.1, 0.15) is 59.6 Å². The lowest BCUT2D eigenvalue weighted by Crippen LogP contribution is -2.61. The van der Waals surface area contributed by atoms with E-state index in [1.54, 1.807) is 4.90 Å². The molecule has 1 amide bonds. The second-order valence-electron chi connectivity index (χ2n) is 9.62. The maximum atomic E-state index is 12.4. The third-order valence-electron chi connectivity index (χ3n) is 5.75. The van der Waals surface area contributed by atoms with E-state index >= 15 is 0 Å². The van der Waals surface area contributed by atoms with Crippen molar-refractivity contribution in [1.29, 1.82) is 0 Å². The summed E-state index contributed by atoms with van der Waals surface area (Å²) in [6.45, 7) is 15.6. The molecule has 2 heterocycles. The first-order valence-electron chi connectivity index (χ1n) is 9.79. The Morgan fingerprint density at radius 3 is 2.48 bits per heavy atom. The van der Waals surface area contributed by atoms with Crippen LogP contribution in [0, 0.1) is 0 Å². The predicted octanol–water partition coefficient (Wildman–Crippen LogP) is 3.32. The minimum Gasteiger partial charge on any atom is -0.444 e. The van der Waals surface area contributed by atoms with Gasteiger partial charge in [-0.1, -0.05) is 18.2 Å². The lowest BCUT2D eigenvalue weighted by Gasteiger charge is -2.47. The van der Waals surface area contributed by atoms with E-state index in [-0.39, 0.29) is 24.2 Å². The molecule has 0 radical (unpaired) electrons. The highest BCUT2D eigenvalue weighted by Gasteiger charge is 2.46. The Bertz CT molecular complexity index is 723. The average molecular weight is 373 g/mol. The van der Waals surface area contributed by atoms with E-state index < -0.39 is 5.60 Å². The Labute approximate surface area is 163 Å². The van der Waals surface area contributed by atoms with Gasteiger partial charge >= 0.3 is 13.0 Å². The van der Waals surface area contributed by atoms with Crippen molar-refractivity contribution in [2.75, 3.05) is 13.1 Å². The minimum absolute atomic E-state index is 0.102. The van der Waals surface area contributed by atoms with Crippen molar-refractivity contribution in [3.8, 4) is 0 Å². The molecule has 0 unspecified atom stereocenters. The van der Waals surface area contributed by atoms with Crippen LogP contribution in [-0.2, 0) is 27.1 Å². The molecule has 0 bridgehead atoms. The molecule has 148 valence electrons. The summed E-state index contributed by atoms with van der Waals surface area (Å²) in [5, 5.41) is 0. The lowest BCUT2D eigenvalue weighted by atomic mass is 9.59. The Morgan fingerprint density at radius 2 is 1.85 bits per heavy atom. The fraction of sp³-hybridized carbons (Fsp3) is 0.667. The highest BCUT2D eigenvalue weighted by Crippen LogP contribution is 2.33. The molecule has 0 spiro atoms. The number of carbonyl (C=O) groups is 1. The summed E-state index contributed by atoms with van der Waals surface area (Å²) in [6, 6.07) is 6.45. The van der Waals surface area contributed by atoms with Crippen molar-refractivity contribution in [3.05, 3.63) is 29.3 Å². The molecule has 0 atom stereocenters. The zero-order valence-electron chi connectivity index (χ0n) is 17.7. The Morgan fingerprint density at radius 1 is 1.15 bits per heavy atom. The maximum Gasteiger partial charge on any atom is 0.410 e. The molecule has 0 aromatic heterocycles. The summed E-state index contributed by atoms with van der Waals surface area (Å²) in [7, 11) is 0. The van der Waals surface area contributed by atoms with Crippen molar-refractivity contribution in [2.45, 2.75) is 78.2 Å². The van der Waals surface area contributed by atoms with Gasteiger partial charge in [-0.3, -0.25) is 0 Å². The summed E-state index contributed by atoms with van der Waals surface area (Å²) in [6.07, 6.45) is 0.591. The van der Waals surface area contributed by atoms with E-state index in [9.17, 15) is 4.79 Å². The van der Waals surface area contributed by atoms with Gasteiger partial charge in [0.25, 0.3) is 0 Å². The van der Waals surface area contributed by atoms with E-state index in [2.05, 4.69) is 45.9 Å². The molecule has 1 saturated heterocycles. The smallest absolute Gasteiger partial charge is 0.410 e. The van der Waals surface area contributed by atoms with Crippen LogP contribution in [0.4, 0.5) is 4.79 Å². The van der Waals surface area contributed by atoms with Gasteiger partial charge in [-0.15, -0.1) is 0 Å². The maximum absolute atomic E-state index is 12.4. The second kappa shape index (κ2) is 6.82. The number of carbonyl (C=O) groups excluding carboxylic acids is 1. The molecule has 0 saturated carbocycles. The number of ether oxygens (including phenoxy) is 2. The molecule has 3 rings (SSSR count). The normalized spacial score (nSPS) is 21.6. The molecule has 1 aromatic rings. The van der Waals surface area contributed by atoms with Crippen molar-refractivity contribution in [3.63, 3.8) is 0 Å². The molecule has 27 heavy (non-hydrogen) atoms. The van der Waals surface area contributed by atoms with Crippen LogP contribution < -0.4 is 5.46 Å². The molecular formula is C21H32BNO4. The van der Waals surface area contributed by atoms with Crippen LogP contribution in [0.25, 0.3) is 0 Å². The summed E-state index contributed by atoms with van der Waals surface area (Å²) in [5.41, 5.74) is 2.36. The highest BCUT2D eigenvalue weighted by molar-refractivity contribution is 6.67. The minimum atomic E-state index is -0.481. The average Bonchev–Trinajstić information content (AvgIpc) is 2.55. The van der Waals surface area contributed by atoms with Gasteiger partial charge in [0.1, 0.15) is 5.60 Å². The van der Waals surface area contributed by atoms with E-state index in [4.69, 9.17) is 14.1 Å². The van der Waals surface area contributed by atoms with Crippen LogP contribution >= 0.6 is 0 Å². The van der Waals surface area contributed by atoms with Gasteiger partial charge in [0, 0.05) is 13.1 Å². The topological polar surface area (TPSA) is 48.0 Å². The van der Waals surface area contributed by atoms with E-state index in [1.165, 1.54) is 5.56 Å². The Hall–Kier alpha value is -1.53. The number of fused-ring (bicyclic) bond motifs is 1. The summed E-state index contributed by atoms with van der Waals surface area (Å²) < 4.78 is 18.0. The zero-order valence-corrected chi connectivity index (χ0v) is 17.7. The van der Waals surface area contributed by atoms with Gasteiger partial charge in [-0.2, -0.15) is 0 Å². The number of hydrogen-bond acceptors (Lipinski definition) is 4. The van der Waals surface area contributed by atoms with E-state index in [0.717, 1.165) is 17.4 Å². The van der Waals surface area contributed by atoms with Gasteiger partial charge in [-0.05, 0) is 71.5 Å². The molecule has 6 heteroatoms. The fourth-order valence-corrected chi connectivity index (χ4v) is 3.41. The molecule has 1 aromatic carbocycles. The number of rotatable bonds is 1. The van der Waals surface area contributed by atoms with Crippen LogP contribution in [-0.4, -0.2) is 47.8 Å². The van der Waals surface area contributed by atoms with Crippen LogP contribution in [0.15, 0.2) is 18.2 Å². The summed E-state index contributed by atoms with van der Waals surface area (Å²) >= 11 is 0. The molecule has 0 N–H and O–H groups in total. The van der Waals surface area contributed by atoms with Crippen molar-refractivity contribution in [2.24, 2.45) is 0 Å².